The molecule has 1 aromatic heterocycles. The quantitative estimate of drug-likeness (QED) is 0.0704. The summed E-state index contributed by atoms with van der Waals surface area (Å²) in [6.45, 7) is -0.336. The molecule has 3 aromatic carbocycles. The summed E-state index contributed by atoms with van der Waals surface area (Å²) in [5.41, 5.74) is 0.194. The molecule has 0 unspecified atom stereocenters. The maximum atomic E-state index is 13.3. The first kappa shape index (κ1) is 31.4. The van der Waals surface area contributed by atoms with Crippen LogP contribution in [0.3, 0.4) is 0 Å². The minimum atomic E-state index is -0.900. The minimum Gasteiger partial charge on any atom is -0.508 e. The SMILES string of the molecule is O=C(CCCCCC(=O)Oc1c(-c2ccc(O)c(O)c2)oc2cc(O)cc(O)c2c1=O)NCC(=O)Nc1ccc(CO)cc1. The largest absolute Gasteiger partial charge is 0.508 e. The first-order valence-corrected chi connectivity index (χ1v) is 13.6. The number of ether oxygens (including phenoxy) is 1. The molecule has 13 heteroatoms. The fraction of sp³-hybridized carbons (Fsp3) is 0.226. The maximum Gasteiger partial charge on any atom is 0.311 e. The highest BCUT2D eigenvalue weighted by Gasteiger charge is 2.23. The lowest BCUT2D eigenvalue weighted by Gasteiger charge is -2.12. The van der Waals surface area contributed by atoms with Crippen LogP contribution in [0.25, 0.3) is 22.3 Å². The van der Waals surface area contributed by atoms with Crippen molar-refractivity contribution < 1.29 is 49.1 Å². The predicted molar refractivity (Wildman–Crippen MR) is 157 cm³/mol. The van der Waals surface area contributed by atoms with Crippen LogP contribution < -0.4 is 20.8 Å². The number of fused-ring (bicyclic) bond motifs is 1. The van der Waals surface area contributed by atoms with Crippen LogP contribution in [-0.4, -0.2) is 49.9 Å². The van der Waals surface area contributed by atoms with Gasteiger partial charge >= 0.3 is 5.97 Å². The maximum absolute atomic E-state index is 13.3. The molecular formula is C31H30N2O11. The molecule has 0 aliphatic rings. The second kappa shape index (κ2) is 14.1. The number of hydrogen-bond donors (Lipinski definition) is 7. The molecule has 0 aliphatic carbocycles. The van der Waals surface area contributed by atoms with Gasteiger partial charge in [0.1, 0.15) is 22.5 Å². The summed E-state index contributed by atoms with van der Waals surface area (Å²) in [5, 5.41) is 53.5. The van der Waals surface area contributed by atoms with Crippen LogP contribution in [0.5, 0.6) is 28.7 Å². The number of rotatable bonds is 12. The van der Waals surface area contributed by atoms with E-state index in [-0.39, 0.29) is 59.9 Å². The molecule has 0 spiro atoms. The highest BCUT2D eigenvalue weighted by atomic mass is 16.5. The fourth-order valence-electron chi connectivity index (χ4n) is 4.28. The molecule has 0 fully saturated rings. The molecule has 7 N–H and O–H groups in total. The first-order chi connectivity index (χ1) is 21.0. The van der Waals surface area contributed by atoms with Crippen molar-refractivity contribution in [1.29, 1.82) is 0 Å². The van der Waals surface area contributed by atoms with E-state index in [1.165, 1.54) is 6.07 Å². The average Bonchev–Trinajstić information content (AvgIpc) is 2.98. The van der Waals surface area contributed by atoms with E-state index >= 15 is 0 Å². The number of nitrogens with one attached hydrogen (secondary N) is 2. The van der Waals surface area contributed by atoms with Gasteiger partial charge in [0.15, 0.2) is 17.3 Å². The van der Waals surface area contributed by atoms with Crippen LogP contribution in [0.15, 0.2) is 63.8 Å². The van der Waals surface area contributed by atoms with Crippen molar-refractivity contribution in [2.24, 2.45) is 0 Å². The number of phenolic OH excluding ortho intramolecular Hbond substituents is 4. The number of benzene rings is 3. The van der Waals surface area contributed by atoms with Gasteiger partial charge in [0.2, 0.25) is 23.0 Å². The lowest BCUT2D eigenvalue weighted by atomic mass is 10.1. The van der Waals surface area contributed by atoms with Gasteiger partial charge in [0, 0.05) is 36.2 Å². The number of carbonyl (C=O) groups is 3. The normalized spacial score (nSPS) is 10.8. The third kappa shape index (κ3) is 7.83. The number of aliphatic hydroxyl groups is 1. The fourth-order valence-corrected chi connectivity index (χ4v) is 4.28. The van der Waals surface area contributed by atoms with Gasteiger partial charge in [-0.05, 0) is 48.7 Å². The van der Waals surface area contributed by atoms with E-state index in [9.17, 15) is 39.6 Å². The summed E-state index contributed by atoms with van der Waals surface area (Å²) in [6.07, 6.45) is 1.17. The van der Waals surface area contributed by atoms with Crippen molar-refractivity contribution in [3.05, 3.63) is 70.4 Å². The summed E-state index contributed by atoms with van der Waals surface area (Å²) < 4.78 is 11.0. The Bertz CT molecular complexity index is 1750. The smallest absolute Gasteiger partial charge is 0.311 e. The van der Waals surface area contributed by atoms with Gasteiger partial charge in [-0.25, -0.2) is 0 Å². The van der Waals surface area contributed by atoms with Gasteiger partial charge in [-0.2, -0.15) is 0 Å². The van der Waals surface area contributed by atoms with Gasteiger partial charge < -0.3 is 45.3 Å². The molecule has 44 heavy (non-hydrogen) atoms. The summed E-state index contributed by atoms with van der Waals surface area (Å²) in [5.74, 6) is -4.35. The number of phenols is 4. The molecule has 230 valence electrons. The lowest BCUT2D eigenvalue weighted by molar-refractivity contribution is -0.134. The zero-order valence-electron chi connectivity index (χ0n) is 23.3. The third-order valence-corrected chi connectivity index (χ3v) is 6.52. The lowest BCUT2D eigenvalue weighted by Crippen LogP contribution is -2.32. The predicted octanol–water partition coefficient (Wildman–Crippen LogP) is 3.39. The molecule has 0 radical (unpaired) electrons. The van der Waals surface area contributed by atoms with E-state index in [2.05, 4.69) is 10.6 Å². The third-order valence-electron chi connectivity index (χ3n) is 6.52. The van der Waals surface area contributed by atoms with Crippen molar-refractivity contribution in [1.82, 2.24) is 5.32 Å². The molecule has 4 aromatic rings. The number of esters is 1. The Kier molecular flexibility index (Phi) is 10.0. The first-order valence-electron chi connectivity index (χ1n) is 13.6. The Labute approximate surface area is 250 Å². The van der Waals surface area contributed by atoms with Crippen LogP contribution in [0.2, 0.25) is 0 Å². The van der Waals surface area contributed by atoms with Crippen LogP contribution in [0.1, 0.15) is 37.7 Å². The van der Waals surface area contributed by atoms with E-state index in [0.29, 0.717) is 30.5 Å². The molecule has 4 rings (SSSR count). The molecule has 2 amide bonds. The summed E-state index contributed by atoms with van der Waals surface area (Å²) >= 11 is 0. The number of unbranched alkanes of at least 4 members (excludes halogenated alkanes) is 2. The number of amides is 2. The minimum absolute atomic E-state index is 0.0734. The van der Waals surface area contributed by atoms with Gasteiger partial charge in [0.25, 0.3) is 0 Å². The Morgan fingerprint density at radius 3 is 2.23 bits per heavy atom. The van der Waals surface area contributed by atoms with Crippen molar-refractivity contribution in [2.45, 2.75) is 38.7 Å². The van der Waals surface area contributed by atoms with Gasteiger partial charge in [0.05, 0.1) is 13.2 Å². The van der Waals surface area contributed by atoms with Crippen LogP contribution in [0, 0.1) is 0 Å². The molecule has 0 aliphatic heterocycles. The van der Waals surface area contributed by atoms with Gasteiger partial charge in [-0.15, -0.1) is 0 Å². The Hall–Kier alpha value is -5.56. The van der Waals surface area contributed by atoms with Crippen molar-refractivity contribution >= 4 is 34.4 Å². The monoisotopic (exact) mass is 606 g/mol. The van der Waals surface area contributed by atoms with E-state index in [0.717, 1.165) is 24.3 Å². The van der Waals surface area contributed by atoms with Crippen molar-refractivity contribution in [3.8, 4) is 40.1 Å². The highest BCUT2D eigenvalue weighted by Crippen LogP contribution is 2.38. The molecular weight excluding hydrogens is 576 g/mol. The van der Waals surface area contributed by atoms with Crippen LogP contribution in [-0.2, 0) is 21.0 Å². The molecule has 0 saturated carbocycles. The second-order valence-electron chi connectivity index (χ2n) is 9.85. The second-order valence-corrected chi connectivity index (χ2v) is 9.85. The number of anilines is 1. The van der Waals surface area contributed by atoms with Gasteiger partial charge in [-0.1, -0.05) is 18.6 Å². The molecule has 0 atom stereocenters. The topological polar surface area (TPSA) is 216 Å². The summed E-state index contributed by atoms with van der Waals surface area (Å²) in [6, 6.07) is 12.2. The highest BCUT2D eigenvalue weighted by molar-refractivity contribution is 5.94. The summed E-state index contributed by atoms with van der Waals surface area (Å²) in [7, 11) is 0. The standard InChI is InChI=1S/C31H30N2O11/c34-16-17-6-9-19(10-7-17)33-26(40)15-32-25(39)4-2-1-3-5-27(41)44-31-29(42)28-23(38)13-20(35)14-24(28)43-30(31)18-8-11-21(36)22(37)12-18/h6-14,34-38H,1-5,15-16H2,(H,32,39)(H,33,40). The van der Waals surface area contributed by atoms with E-state index in [1.54, 1.807) is 24.3 Å². The number of aromatic hydroxyl groups is 4. The molecule has 0 saturated heterocycles. The number of aliphatic hydroxyl groups excluding tert-OH is 1. The zero-order chi connectivity index (χ0) is 31.8. The van der Waals surface area contributed by atoms with E-state index in [1.807, 2.05) is 0 Å². The molecule has 0 bridgehead atoms. The number of hydrogen-bond acceptors (Lipinski definition) is 11. The number of carbonyl (C=O) groups excluding carboxylic acids is 3. The van der Waals surface area contributed by atoms with E-state index in [4.69, 9.17) is 14.3 Å². The average molecular weight is 607 g/mol. The molecule has 1 heterocycles. The van der Waals surface area contributed by atoms with Crippen molar-refractivity contribution in [3.63, 3.8) is 0 Å². The Morgan fingerprint density at radius 2 is 1.52 bits per heavy atom. The zero-order valence-corrected chi connectivity index (χ0v) is 23.3. The summed E-state index contributed by atoms with van der Waals surface area (Å²) in [4.78, 5) is 50.1. The van der Waals surface area contributed by atoms with Gasteiger partial charge in [-0.3, -0.25) is 19.2 Å². The molecule has 13 nitrogen and oxygen atoms in total. The van der Waals surface area contributed by atoms with Crippen LogP contribution >= 0.6 is 0 Å². The van der Waals surface area contributed by atoms with E-state index < -0.39 is 40.3 Å². The Morgan fingerprint density at radius 1 is 0.795 bits per heavy atom. The van der Waals surface area contributed by atoms with Crippen LogP contribution in [0.4, 0.5) is 5.69 Å². The Balaban J connectivity index is 1.31. The van der Waals surface area contributed by atoms with Crippen molar-refractivity contribution in [2.75, 3.05) is 11.9 Å².